The van der Waals surface area contributed by atoms with Gasteiger partial charge < -0.3 is 15.0 Å². The molecule has 2 aromatic carbocycles. The smallest absolute Gasteiger partial charge is 0.244 e. The molecule has 9 heteroatoms. The Balaban J connectivity index is 2.44. The number of methoxy groups -OCH3 is 1. The number of likely N-dealkylation sites (N-methyl/N-ethyl adjacent to an activating group) is 1. The van der Waals surface area contributed by atoms with Crippen LogP contribution in [-0.4, -0.2) is 58.1 Å². The van der Waals surface area contributed by atoms with E-state index in [0.29, 0.717) is 11.4 Å². The van der Waals surface area contributed by atoms with Gasteiger partial charge in [0.05, 0.1) is 19.1 Å². The number of nitrogens with one attached hydrogen (secondary N) is 1. The lowest BCUT2D eigenvalue weighted by atomic mass is 10.1. The molecule has 174 valence electrons. The first-order valence-corrected chi connectivity index (χ1v) is 12.0. The molecule has 2 aromatic rings. The number of nitrogens with zero attached hydrogens (tertiary/aromatic N) is 2. The summed E-state index contributed by atoms with van der Waals surface area (Å²) in [5.74, 6) is -0.218. The maximum Gasteiger partial charge on any atom is 0.244 e. The summed E-state index contributed by atoms with van der Waals surface area (Å²) in [5, 5.41) is 2.55. The minimum Gasteiger partial charge on any atom is -0.497 e. The normalized spacial score (nSPS) is 12.1. The van der Waals surface area contributed by atoms with Gasteiger partial charge in [-0.3, -0.25) is 13.9 Å². The van der Waals surface area contributed by atoms with E-state index in [1.165, 1.54) is 11.9 Å². The van der Waals surface area contributed by atoms with Crippen molar-refractivity contribution >= 4 is 27.5 Å². The number of sulfonamides is 1. The van der Waals surface area contributed by atoms with Crippen LogP contribution in [0, 0.1) is 13.8 Å². The molecular weight excluding hydrogens is 430 g/mol. The fourth-order valence-electron chi connectivity index (χ4n) is 3.36. The van der Waals surface area contributed by atoms with Gasteiger partial charge in [0.1, 0.15) is 18.3 Å². The van der Waals surface area contributed by atoms with Crippen LogP contribution < -0.4 is 14.4 Å². The minimum absolute atomic E-state index is 0.120. The quantitative estimate of drug-likeness (QED) is 0.618. The molecule has 2 rings (SSSR count). The highest BCUT2D eigenvalue weighted by Crippen LogP contribution is 2.25. The van der Waals surface area contributed by atoms with Crippen LogP contribution in [0.15, 0.2) is 42.5 Å². The summed E-state index contributed by atoms with van der Waals surface area (Å²) in [5.41, 5.74) is 2.88. The van der Waals surface area contributed by atoms with Gasteiger partial charge in [0, 0.05) is 13.6 Å². The lowest BCUT2D eigenvalue weighted by Crippen LogP contribution is -2.50. The summed E-state index contributed by atoms with van der Waals surface area (Å²) in [6, 6.07) is 11.7. The summed E-state index contributed by atoms with van der Waals surface area (Å²) in [6.45, 7) is 5.00. The Morgan fingerprint density at radius 2 is 1.78 bits per heavy atom. The third-order valence-electron chi connectivity index (χ3n) is 5.42. The van der Waals surface area contributed by atoms with E-state index in [-0.39, 0.29) is 12.5 Å². The molecular formula is C23H31N3O5S. The first-order valence-electron chi connectivity index (χ1n) is 10.2. The van der Waals surface area contributed by atoms with E-state index >= 15 is 0 Å². The minimum atomic E-state index is -3.76. The van der Waals surface area contributed by atoms with Gasteiger partial charge in [-0.2, -0.15) is 0 Å². The molecule has 0 bridgehead atoms. The molecule has 0 spiro atoms. The molecule has 32 heavy (non-hydrogen) atoms. The van der Waals surface area contributed by atoms with Gasteiger partial charge in [0.2, 0.25) is 21.8 Å². The van der Waals surface area contributed by atoms with E-state index in [4.69, 9.17) is 4.74 Å². The average molecular weight is 462 g/mol. The van der Waals surface area contributed by atoms with Crippen LogP contribution in [0.2, 0.25) is 0 Å². The maximum absolute atomic E-state index is 13.4. The Hall–Kier alpha value is -3.07. The molecule has 2 amide bonds. The maximum atomic E-state index is 13.4. The third-order valence-corrected chi connectivity index (χ3v) is 6.55. The lowest BCUT2D eigenvalue weighted by molar-refractivity contribution is -0.139. The Morgan fingerprint density at radius 1 is 1.12 bits per heavy atom. The third kappa shape index (κ3) is 6.00. The summed E-state index contributed by atoms with van der Waals surface area (Å²) in [6.07, 6.45) is 1.07. The van der Waals surface area contributed by atoms with Crippen LogP contribution in [0.4, 0.5) is 5.69 Å². The number of ether oxygens (including phenoxy) is 1. The highest BCUT2D eigenvalue weighted by atomic mass is 32.2. The molecule has 0 radical (unpaired) electrons. The number of hydrogen-bond acceptors (Lipinski definition) is 5. The van der Waals surface area contributed by atoms with Crippen LogP contribution in [-0.2, 0) is 26.2 Å². The summed E-state index contributed by atoms with van der Waals surface area (Å²) >= 11 is 0. The van der Waals surface area contributed by atoms with Crippen LogP contribution in [0.3, 0.4) is 0 Å². The zero-order valence-electron chi connectivity index (χ0n) is 19.4. The fraction of sp³-hybridized carbons (Fsp3) is 0.391. The monoisotopic (exact) mass is 461 g/mol. The van der Waals surface area contributed by atoms with E-state index < -0.39 is 28.5 Å². The van der Waals surface area contributed by atoms with Crippen molar-refractivity contribution < 1.29 is 22.7 Å². The molecule has 0 saturated heterocycles. The van der Waals surface area contributed by atoms with Crippen molar-refractivity contribution in [3.63, 3.8) is 0 Å². The first kappa shape index (κ1) is 25.2. The summed E-state index contributed by atoms with van der Waals surface area (Å²) in [7, 11) is -0.719. The zero-order valence-corrected chi connectivity index (χ0v) is 20.2. The van der Waals surface area contributed by atoms with Crippen LogP contribution >= 0.6 is 0 Å². The van der Waals surface area contributed by atoms with Crippen LogP contribution in [0.25, 0.3) is 0 Å². The molecule has 0 fully saturated rings. The van der Waals surface area contributed by atoms with Crippen molar-refractivity contribution in [2.75, 3.05) is 31.3 Å². The van der Waals surface area contributed by atoms with Crippen molar-refractivity contribution in [2.45, 2.75) is 33.4 Å². The standard InChI is InChI=1S/C23H31N3O5S/c1-16-9-7-12-21(17(16)2)26(32(6,29)30)15-22(27)25(18(3)23(28)24-4)14-19-10-8-11-20(13-19)31-5/h7-13,18H,14-15H2,1-6H3,(H,24,28)/t18-/m1/s1. The van der Waals surface area contributed by atoms with Crippen LogP contribution in [0.5, 0.6) is 5.75 Å². The van der Waals surface area contributed by atoms with Gasteiger partial charge in [-0.25, -0.2) is 8.42 Å². The van der Waals surface area contributed by atoms with E-state index in [1.54, 1.807) is 44.4 Å². The Bertz CT molecular complexity index is 1080. The molecule has 0 aliphatic rings. The second-order valence-corrected chi connectivity index (χ2v) is 9.56. The molecule has 8 nitrogen and oxygen atoms in total. The van der Waals surface area contributed by atoms with Gasteiger partial charge in [-0.15, -0.1) is 0 Å². The van der Waals surface area contributed by atoms with Crippen molar-refractivity contribution in [3.8, 4) is 5.75 Å². The van der Waals surface area contributed by atoms with Crippen molar-refractivity contribution in [1.29, 1.82) is 0 Å². The second-order valence-electron chi connectivity index (χ2n) is 7.65. The fourth-order valence-corrected chi connectivity index (χ4v) is 4.26. The Kier molecular flexibility index (Phi) is 8.26. The van der Waals surface area contributed by atoms with Gasteiger partial charge in [0.25, 0.3) is 0 Å². The Labute approximate surface area is 190 Å². The molecule has 0 aromatic heterocycles. The number of anilines is 1. The van der Waals surface area contributed by atoms with Crippen molar-refractivity contribution in [3.05, 3.63) is 59.2 Å². The summed E-state index contributed by atoms with van der Waals surface area (Å²) < 4.78 is 31.6. The molecule has 0 aliphatic carbocycles. The number of carbonyl (C=O) groups is 2. The van der Waals surface area contributed by atoms with Gasteiger partial charge in [0.15, 0.2) is 0 Å². The van der Waals surface area contributed by atoms with E-state index in [9.17, 15) is 18.0 Å². The number of amides is 2. The number of rotatable bonds is 9. The lowest BCUT2D eigenvalue weighted by Gasteiger charge is -2.31. The number of hydrogen-bond donors (Lipinski definition) is 1. The van der Waals surface area contributed by atoms with E-state index in [0.717, 1.165) is 27.3 Å². The van der Waals surface area contributed by atoms with Gasteiger partial charge in [-0.1, -0.05) is 24.3 Å². The molecule has 0 saturated carbocycles. The zero-order chi connectivity index (χ0) is 24.1. The van der Waals surface area contributed by atoms with Crippen molar-refractivity contribution in [2.24, 2.45) is 0 Å². The van der Waals surface area contributed by atoms with E-state index in [1.807, 2.05) is 26.0 Å². The topological polar surface area (TPSA) is 96.0 Å². The predicted molar refractivity (Wildman–Crippen MR) is 125 cm³/mol. The summed E-state index contributed by atoms with van der Waals surface area (Å²) in [4.78, 5) is 27.1. The number of carbonyl (C=O) groups excluding carboxylic acids is 2. The highest BCUT2D eigenvalue weighted by Gasteiger charge is 2.30. The molecule has 0 aliphatic heterocycles. The van der Waals surface area contributed by atoms with Crippen molar-refractivity contribution in [1.82, 2.24) is 10.2 Å². The molecule has 0 heterocycles. The number of aryl methyl sites for hydroxylation is 1. The SMILES string of the molecule is CNC(=O)[C@@H](C)N(Cc1cccc(OC)c1)C(=O)CN(c1cccc(C)c1C)S(C)(=O)=O. The average Bonchev–Trinajstić information content (AvgIpc) is 2.76. The molecule has 1 atom stereocenters. The predicted octanol–water partition coefficient (Wildman–Crippen LogP) is 2.24. The highest BCUT2D eigenvalue weighted by molar-refractivity contribution is 7.92. The van der Waals surface area contributed by atoms with Gasteiger partial charge >= 0.3 is 0 Å². The van der Waals surface area contributed by atoms with Crippen LogP contribution in [0.1, 0.15) is 23.6 Å². The molecule has 0 unspecified atom stereocenters. The second kappa shape index (κ2) is 10.5. The van der Waals surface area contributed by atoms with Gasteiger partial charge in [-0.05, 0) is 55.7 Å². The largest absolute Gasteiger partial charge is 0.497 e. The molecule has 1 N–H and O–H groups in total. The Morgan fingerprint density at radius 3 is 2.38 bits per heavy atom. The first-order chi connectivity index (χ1) is 15.0. The van der Waals surface area contributed by atoms with E-state index in [2.05, 4.69) is 5.32 Å². The number of benzene rings is 2.